The van der Waals surface area contributed by atoms with Crippen molar-refractivity contribution in [2.45, 2.75) is 39.2 Å². The minimum atomic E-state index is 0. The van der Waals surface area contributed by atoms with E-state index in [4.69, 9.17) is 0 Å². The van der Waals surface area contributed by atoms with E-state index in [9.17, 15) is 0 Å². The third-order valence-corrected chi connectivity index (χ3v) is 3.32. The molecule has 0 saturated carbocycles. The van der Waals surface area contributed by atoms with Crippen molar-refractivity contribution in [2.75, 3.05) is 13.6 Å². The van der Waals surface area contributed by atoms with Crippen molar-refractivity contribution in [3.05, 3.63) is 0 Å². The molecule has 0 amide bonds. The minimum Gasteiger partial charge on any atom is -1.00 e. The molecule has 0 spiro atoms. The summed E-state index contributed by atoms with van der Waals surface area (Å²) in [4.78, 5) is 2.47. The van der Waals surface area contributed by atoms with Gasteiger partial charge in [0.25, 0.3) is 0 Å². The molecule has 11 heavy (non-hydrogen) atoms. The Bertz CT molecular complexity index is 119. The number of hydrogen-bond donors (Lipinski definition) is 0. The summed E-state index contributed by atoms with van der Waals surface area (Å²) in [6.45, 7) is 8.32. The standard InChI is InChI=1S/C9H19N.Ca.2H/c1-8-6-5-7-10(4)9(8,2)3;;;/h8H,5-7H2,1-4H3;;;/q;+2;2*-1. The first-order chi connectivity index (χ1) is 4.55. The molecule has 0 aromatic carbocycles. The molecule has 1 fully saturated rings. The Morgan fingerprint density at radius 3 is 2.36 bits per heavy atom. The summed E-state index contributed by atoms with van der Waals surface area (Å²) in [5.41, 5.74) is 0.429. The average Bonchev–Trinajstić information content (AvgIpc) is 1.84. The van der Waals surface area contributed by atoms with Crippen LogP contribution in [0.3, 0.4) is 0 Å². The van der Waals surface area contributed by atoms with Crippen molar-refractivity contribution in [3.8, 4) is 0 Å². The zero-order valence-corrected chi connectivity index (χ0v) is 10.6. The van der Waals surface area contributed by atoms with Crippen LogP contribution in [0.1, 0.15) is 36.5 Å². The van der Waals surface area contributed by atoms with Crippen molar-refractivity contribution in [2.24, 2.45) is 5.92 Å². The van der Waals surface area contributed by atoms with E-state index in [2.05, 4.69) is 32.7 Å². The molecule has 0 N–H and O–H groups in total. The van der Waals surface area contributed by atoms with Crippen molar-refractivity contribution in [3.63, 3.8) is 0 Å². The molecule has 1 saturated heterocycles. The van der Waals surface area contributed by atoms with Crippen molar-refractivity contribution < 1.29 is 2.85 Å². The Hall–Kier alpha value is 1.22. The fourth-order valence-electron chi connectivity index (χ4n) is 1.65. The molecule has 0 bridgehead atoms. The van der Waals surface area contributed by atoms with E-state index in [1.807, 2.05) is 0 Å². The molecule has 0 aromatic rings. The van der Waals surface area contributed by atoms with Gasteiger partial charge in [-0.15, -0.1) is 0 Å². The van der Waals surface area contributed by atoms with E-state index in [-0.39, 0.29) is 40.6 Å². The predicted octanol–water partition coefficient (Wildman–Crippen LogP) is 1.97. The van der Waals surface area contributed by atoms with Gasteiger partial charge in [0.05, 0.1) is 0 Å². The molecule has 1 unspecified atom stereocenters. The number of hydrogen-bond acceptors (Lipinski definition) is 1. The zero-order chi connectivity index (χ0) is 7.78. The minimum absolute atomic E-state index is 0. The van der Waals surface area contributed by atoms with Crippen LogP contribution in [0.25, 0.3) is 0 Å². The number of nitrogens with zero attached hydrogens (tertiary/aromatic N) is 1. The molecule has 1 nitrogen and oxygen atoms in total. The smallest absolute Gasteiger partial charge is 1.00 e. The Balaban J connectivity index is -0.000000333. The first kappa shape index (κ1) is 12.2. The van der Waals surface area contributed by atoms with E-state index >= 15 is 0 Å². The monoisotopic (exact) mass is 183 g/mol. The second kappa shape index (κ2) is 4.45. The van der Waals surface area contributed by atoms with Gasteiger partial charge in [0.1, 0.15) is 0 Å². The van der Waals surface area contributed by atoms with Crippen LogP contribution in [-0.2, 0) is 0 Å². The van der Waals surface area contributed by atoms with Gasteiger partial charge in [0, 0.05) is 5.54 Å². The fourth-order valence-corrected chi connectivity index (χ4v) is 1.65. The quantitative estimate of drug-likeness (QED) is 0.519. The second-order valence-electron chi connectivity index (χ2n) is 4.12. The van der Waals surface area contributed by atoms with Crippen LogP contribution >= 0.6 is 0 Å². The molecule has 64 valence electrons. The largest absolute Gasteiger partial charge is 2.00 e. The van der Waals surface area contributed by atoms with E-state index < -0.39 is 0 Å². The summed E-state index contributed by atoms with van der Waals surface area (Å²) in [7, 11) is 2.23. The average molecular weight is 183 g/mol. The van der Waals surface area contributed by atoms with Gasteiger partial charge in [-0.3, -0.25) is 0 Å². The van der Waals surface area contributed by atoms with Gasteiger partial charge < -0.3 is 7.75 Å². The van der Waals surface area contributed by atoms with Crippen LogP contribution < -0.4 is 0 Å². The van der Waals surface area contributed by atoms with Gasteiger partial charge in [-0.05, 0) is 46.2 Å². The molecule has 1 aliphatic heterocycles. The van der Waals surface area contributed by atoms with E-state index in [0.717, 1.165) is 5.92 Å². The predicted molar refractivity (Wildman–Crippen MR) is 53.1 cm³/mol. The zero-order valence-electron chi connectivity index (χ0n) is 10.4. The second-order valence-corrected chi connectivity index (χ2v) is 4.12. The maximum atomic E-state index is 2.47. The Morgan fingerprint density at radius 2 is 2.00 bits per heavy atom. The summed E-state index contributed by atoms with van der Waals surface area (Å²) in [6.07, 6.45) is 2.78. The van der Waals surface area contributed by atoms with Gasteiger partial charge >= 0.3 is 37.7 Å². The van der Waals surface area contributed by atoms with Crippen LogP contribution in [0.5, 0.6) is 0 Å². The number of rotatable bonds is 0. The molecule has 0 aliphatic carbocycles. The first-order valence-electron chi connectivity index (χ1n) is 4.26. The maximum Gasteiger partial charge on any atom is 2.00 e. The molecule has 1 rings (SSSR count). The molecular weight excluding hydrogens is 162 g/mol. The van der Waals surface area contributed by atoms with Crippen molar-refractivity contribution in [1.82, 2.24) is 4.90 Å². The van der Waals surface area contributed by atoms with Crippen molar-refractivity contribution >= 4 is 37.7 Å². The molecule has 1 heterocycles. The summed E-state index contributed by atoms with van der Waals surface area (Å²) in [6, 6.07) is 0. The molecular formula is C9H21CaN. The molecule has 0 aromatic heterocycles. The summed E-state index contributed by atoms with van der Waals surface area (Å²) in [5.74, 6) is 0.853. The summed E-state index contributed by atoms with van der Waals surface area (Å²) < 4.78 is 0. The van der Waals surface area contributed by atoms with Gasteiger partial charge in [-0.25, -0.2) is 0 Å². The summed E-state index contributed by atoms with van der Waals surface area (Å²) in [5, 5.41) is 0. The van der Waals surface area contributed by atoms with Crippen LogP contribution in [-0.4, -0.2) is 61.8 Å². The van der Waals surface area contributed by atoms with E-state index in [1.165, 1.54) is 19.4 Å². The van der Waals surface area contributed by atoms with Crippen molar-refractivity contribution in [1.29, 1.82) is 0 Å². The van der Waals surface area contributed by atoms with Gasteiger partial charge in [-0.1, -0.05) is 6.92 Å². The third kappa shape index (κ3) is 2.58. The molecule has 2 heteroatoms. The van der Waals surface area contributed by atoms with Crippen LogP contribution in [0.15, 0.2) is 0 Å². The van der Waals surface area contributed by atoms with Crippen LogP contribution in [0.2, 0.25) is 0 Å². The normalized spacial score (nSPS) is 31.1. The first-order valence-corrected chi connectivity index (χ1v) is 4.26. The Kier molecular flexibility index (Phi) is 4.95. The Labute approximate surface area is 103 Å². The molecule has 1 atom stereocenters. The van der Waals surface area contributed by atoms with Gasteiger partial charge in [0.2, 0.25) is 0 Å². The topological polar surface area (TPSA) is 3.24 Å². The SMILES string of the molecule is CC1CCCN(C)C1(C)C.[Ca+2].[H-].[H-]. The third-order valence-electron chi connectivity index (χ3n) is 3.32. The van der Waals surface area contributed by atoms with E-state index in [1.54, 1.807) is 0 Å². The Morgan fingerprint density at radius 1 is 1.45 bits per heavy atom. The van der Waals surface area contributed by atoms with Crippen LogP contribution in [0.4, 0.5) is 0 Å². The maximum absolute atomic E-state index is 2.47. The van der Waals surface area contributed by atoms with Gasteiger partial charge in [0.15, 0.2) is 0 Å². The molecule has 1 aliphatic rings. The van der Waals surface area contributed by atoms with Gasteiger partial charge in [-0.2, -0.15) is 0 Å². The number of piperidine rings is 1. The number of likely N-dealkylation sites (tertiary alicyclic amines) is 1. The van der Waals surface area contributed by atoms with E-state index in [0.29, 0.717) is 5.54 Å². The van der Waals surface area contributed by atoms with Crippen LogP contribution in [0, 0.1) is 5.92 Å². The summed E-state index contributed by atoms with van der Waals surface area (Å²) >= 11 is 0. The molecule has 0 radical (unpaired) electrons. The fraction of sp³-hybridized carbons (Fsp3) is 1.00.